The molecule has 0 unspecified atom stereocenters. The average Bonchev–Trinajstić information content (AvgIpc) is 3.39. The van der Waals surface area contributed by atoms with Crippen LogP contribution in [0.4, 0.5) is 13.2 Å². The molecule has 32 heavy (non-hydrogen) atoms. The average molecular weight is 440 g/mol. The number of imidazole rings is 1. The summed E-state index contributed by atoms with van der Waals surface area (Å²) in [4.78, 5) is 19.7. The van der Waals surface area contributed by atoms with Gasteiger partial charge in [-0.15, -0.1) is 0 Å². The van der Waals surface area contributed by atoms with Crippen molar-refractivity contribution < 1.29 is 22.7 Å². The number of ether oxygens (including phenoxy) is 1. The van der Waals surface area contributed by atoms with Crippen molar-refractivity contribution in [3.8, 4) is 16.9 Å². The van der Waals surface area contributed by atoms with Crippen LogP contribution < -0.4 is 10.1 Å². The maximum Gasteiger partial charge on any atom is 0.434 e. The topological polar surface area (TPSA) is 68.5 Å². The zero-order chi connectivity index (χ0) is 22.5. The van der Waals surface area contributed by atoms with Crippen LogP contribution in [0.25, 0.3) is 27.7 Å². The molecule has 3 aromatic heterocycles. The van der Waals surface area contributed by atoms with E-state index < -0.39 is 11.9 Å². The standard InChI is InChI=1S/C23H19F3N4O2/c1-13(16-9-22(31)28-10-16)32-19-8-15(7-18-17(19)3-2-6-27-18)14-4-5-21-29-20(23(24,25)26)12-30(21)11-14/h2-8,11-13,16H,9-10H2,1H3,(H,28,31)/t13-,16-/m1/s1. The van der Waals surface area contributed by atoms with Gasteiger partial charge in [0.25, 0.3) is 0 Å². The van der Waals surface area contributed by atoms with E-state index >= 15 is 0 Å². The highest BCUT2D eigenvalue weighted by Gasteiger charge is 2.34. The lowest BCUT2D eigenvalue weighted by atomic mass is 10.0. The van der Waals surface area contributed by atoms with Gasteiger partial charge in [-0.2, -0.15) is 13.2 Å². The molecule has 0 aliphatic carbocycles. The molecule has 1 amide bonds. The molecule has 1 aromatic carbocycles. The third kappa shape index (κ3) is 3.74. The van der Waals surface area contributed by atoms with Gasteiger partial charge in [0.05, 0.1) is 5.52 Å². The molecule has 164 valence electrons. The number of carbonyl (C=O) groups excluding carboxylic acids is 1. The van der Waals surface area contributed by atoms with Crippen LogP contribution in [0.3, 0.4) is 0 Å². The molecule has 0 bridgehead atoms. The molecule has 1 N–H and O–H groups in total. The Labute approximate surface area is 181 Å². The number of halogens is 3. The van der Waals surface area contributed by atoms with Crippen LogP contribution in [0.2, 0.25) is 0 Å². The number of nitrogens with one attached hydrogen (secondary N) is 1. The van der Waals surface area contributed by atoms with E-state index in [1.54, 1.807) is 24.5 Å². The lowest BCUT2D eigenvalue weighted by Crippen LogP contribution is -2.25. The van der Waals surface area contributed by atoms with E-state index in [0.29, 0.717) is 29.8 Å². The summed E-state index contributed by atoms with van der Waals surface area (Å²) >= 11 is 0. The predicted octanol–water partition coefficient (Wildman–Crippen LogP) is 4.47. The van der Waals surface area contributed by atoms with Crippen LogP contribution in [0.15, 0.2) is 55.0 Å². The molecule has 0 spiro atoms. The SMILES string of the molecule is C[C@@H](Oc1cc(-c2ccc3nc(C(F)(F)F)cn3c2)cc2ncccc12)[C@H]1CNC(=O)C1. The van der Waals surface area contributed by atoms with E-state index in [9.17, 15) is 18.0 Å². The van der Waals surface area contributed by atoms with Crippen molar-refractivity contribution in [3.63, 3.8) is 0 Å². The third-order valence-corrected chi connectivity index (χ3v) is 5.74. The van der Waals surface area contributed by atoms with Crippen molar-refractivity contribution in [2.45, 2.75) is 25.6 Å². The molecule has 1 aliphatic heterocycles. The monoisotopic (exact) mass is 440 g/mol. The Bertz CT molecular complexity index is 1330. The highest BCUT2D eigenvalue weighted by Crippen LogP contribution is 2.34. The van der Waals surface area contributed by atoms with Gasteiger partial charge < -0.3 is 14.5 Å². The molecule has 1 aliphatic rings. The summed E-state index contributed by atoms with van der Waals surface area (Å²) in [5, 5.41) is 3.64. The third-order valence-electron chi connectivity index (χ3n) is 5.74. The quantitative estimate of drug-likeness (QED) is 0.508. The molecule has 2 atom stereocenters. The maximum atomic E-state index is 13.0. The van der Waals surface area contributed by atoms with Crippen molar-refractivity contribution in [1.82, 2.24) is 19.7 Å². The summed E-state index contributed by atoms with van der Waals surface area (Å²) < 4.78 is 46.7. The second-order valence-electron chi connectivity index (χ2n) is 7.94. The Hall–Kier alpha value is -3.62. The van der Waals surface area contributed by atoms with Crippen molar-refractivity contribution in [1.29, 1.82) is 0 Å². The van der Waals surface area contributed by atoms with Crippen molar-refractivity contribution in [2.75, 3.05) is 6.54 Å². The van der Waals surface area contributed by atoms with Gasteiger partial charge in [-0.1, -0.05) is 0 Å². The number of rotatable bonds is 4. The molecule has 0 radical (unpaired) electrons. The summed E-state index contributed by atoms with van der Waals surface area (Å²) in [5.41, 5.74) is 1.43. The molecule has 1 saturated heterocycles. The van der Waals surface area contributed by atoms with Gasteiger partial charge in [0.2, 0.25) is 5.91 Å². The normalized spacial score (nSPS) is 17.6. The minimum absolute atomic E-state index is 0.0117. The molecule has 4 aromatic rings. The molecule has 1 fully saturated rings. The molecule has 5 rings (SSSR count). The summed E-state index contributed by atoms with van der Waals surface area (Å²) in [5.74, 6) is 0.678. The number of aromatic nitrogens is 3. The maximum absolute atomic E-state index is 13.0. The zero-order valence-electron chi connectivity index (χ0n) is 17.1. The van der Waals surface area contributed by atoms with E-state index in [-0.39, 0.29) is 23.6 Å². The number of hydrogen-bond donors (Lipinski definition) is 1. The Morgan fingerprint density at radius 1 is 1.19 bits per heavy atom. The zero-order valence-corrected chi connectivity index (χ0v) is 17.1. The van der Waals surface area contributed by atoms with Gasteiger partial charge in [-0.05, 0) is 54.4 Å². The highest BCUT2D eigenvalue weighted by molar-refractivity contribution is 5.90. The molecule has 0 saturated carbocycles. The van der Waals surface area contributed by atoms with Crippen molar-refractivity contribution >= 4 is 22.5 Å². The fourth-order valence-corrected chi connectivity index (χ4v) is 3.97. The molecular weight excluding hydrogens is 421 g/mol. The van der Waals surface area contributed by atoms with Gasteiger partial charge in [0, 0.05) is 42.9 Å². The van der Waals surface area contributed by atoms with Crippen LogP contribution in [0.5, 0.6) is 5.75 Å². The van der Waals surface area contributed by atoms with Gasteiger partial charge in [0.1, 0.15) is 17.5 Å². The molecule has 6 nitrogen and oxygen atoms in total. The summed E-state index contributed by atoms with van der Waals surface area (Å²) in [7, 11) is 0. The van der Waals surface area contributed by atoms with E-state index in [1.807, 2.05) is 31.2 Å². The smallest absolute Gasteiger partial charge is 0.434 e. The minimum Gasteiger partial charge on any atom is -0.490 e. The van der Waals surface area contributed by atoms with Gasteiger partial charge >= 0.3 is 6.18 Å². The second kappa shape index (κ2) is 7.51. The molecule has 9 heteroatoms. The second-order valence-corrected chi connectivity index (χ2v) is 7.94. The molecular formula is C23H19F3N4O2. The summed E-state index contributed by atoms with van der Waals surface area (Å²) in [6.07, 6.45) is -0.0511. The summed E-state index contributed by atoms with van der Waals surface area (Å²) in [6, 6.07) is 10.7. The lowest BCUT2D eigenvalue weighted by molar-refractivity contribution is -0.140. The minimum atomic E-state index is -4.51. The van der Waals surface area contributed by atoms with Crippen LogP contribution in [0, 0.1) is 5.92 Å². The van der Waals surface area contributed by atoms with E-state index in [0.717, 1.165) is 17.1 Å². The number of nitrogens with zero attached hydrogens (tertiary/aromatic N) is 3. The fourth-order valence-electron chi connectivity index (χ4n) is 3.97. The number of pyridine rings is 2. The van der Waals surface area contributed by atoms with Crippen LogP contribution in [-0.4, -0.2) is 32.9 Å². The van der Waals surface area contributed by atoms with Crippen LogP contribution in [0.1, 0.15) is 19.0 Å². The number of benzene rings is 1. The Morgan fingerprint density at radius 2 is 2.03 bits per heavy atom. The number of alkyl halides is 3. The largest absolute Gasteiger partial charge is 0.490 e. The lowest BCUT2D eigenvalue weighted by Gasteiger charge is -2.21. The van der Waals surface area contributed by atoms with Crippen molar-refractivity contribution in [3.05, 3.63) is 60.7 Å². The highest BCUT2D eigenvalue weighted by atomic mass is 19.4. The first-order chi connectivity index (χ1) is 15.3. The van der Waals surface area contributed by atoms with Gasteiger partial charge in [0.15, 0.2) is 5.69 Å². The first-order valence-electron chi connectivity index (χ1n) is 10.2. The number of hydrogen-bond acceptors (Lipinski definition) is 4. The first-order valence-corrected chi connectivity index (χ1v) is 10.2. The van der Waals surface area contributed by atoms with Crippen LogP contribution >= 0.6 is 0 Å². The number of amides is 1. The Balaban J connectivity index is 1.55. The van der Waals surface area contributed by atoms with Crippen molar-refractivity contribution in [2.24, 2.45) is 5.92 Å². The Morgan fingerprint density at radius 3 is 2.78 bits per heavy atom. The summed E-state index contributed by atoms with van der Waals surface area (Å²) in [6.45, 7) is 2.49. The van der Waals surface area contributed by atoms with E-state index in [4.69, 9.17) is 4.74 Å². The number of fused-ring (bicyclic) bond motifs is 2. The van der Waals surface area contributed by atoms with Crippen LogP contribution in [-0.2, 0) is 11.0 Å². The Kier molecular flexibility index (Phi) is 4.76. The predicted molar refractivity (Wildman–Crippen MR) is 112 cm³/mol. The number of carbonyl (C=O) groups is 1. The van der Waals surface area contributed by atoms with Gasteiger partial charge in [-0.25, -0.2) is 4.98 Å². The van der Waals surface area contributed by atoms with Gasteiger partial charge in [-0.3, -0.25) is 9.78 Å². The fraction of sp³-hybridized carbons (Fsp3) is 0.261. The molecule has 4 heterocycles. The van der Waals surface area contributed by atoms with E-state index in [2.05, 4.69) is 15.3 Å². The van der Waals surface area contributed by atoms with E-state index in [1.165, 1.54) is 4.40 Å². The first kappa shape index (κ1) is 20.3.